The molecule has 0 bridgehead atoms. The Labute approximate surface area is 113 Å². The van der Waals surface area contributed by atoms with Gasteiger partial charge in [0, 0.05) is 17.0 Å². The van der Waals surface area contributed by atoms with Gasteiger partial charge in [-0.15, -0.1) is 0 Å². The van der Waals surface area contributed by atoms with Gasteiger partial charge in [-0.25, -0.2) is 13.2 Å². The maximum atomic E-state index is 13.5. The first-order chi connectivity index (χ1) is 8.99. The van der Waals surface area contributed by atoms with E-state index in [1.807, 2.05) is 0 Å². The van der Waals surface area contributed by atoms with Crippen molar-refractivity contribution in [2.75, 3.05) is 0 Å². The fourth-order valence-electron chi connectivity index (χ4n) is 1.79. The van der Waals surface area contributed by atoms with Crippen LogP contribution in [0.25, 0.3) is 0 Å². The third-order valence-corrected chi connectivity index (χ3v) is 3.00. The van der Waals surface area contributed by atoms with Gasteiger partial charge in [-0.2, -0.15) is 0 Å². The highest BCUT2D eigenvalue weighted by molar-refractivity contribution is 6.30. The Morgan fingerprint density at radius 2 is 1.79 bits per heavy atom. The fourth-order valence-corrected chi connectivity index (χ4v) is 1.97. The number of halogens is 4. The first kappa shape index (κ1) is 13.9. The average molecular weight is 287 g/mol. The molecule has 0 heterocycles. The Bertz CT molecular complexity index is 601. The van der Waals surface area contributed by atoms with Gasteiger partial charge in [0.05, 0.1) is 6.10 Å². The van der Waals surface area contributed by atoms with Crippen LogP contribution in [0.4, 0.5) is 13.2 Å². The molecule has 1 unspecified atom stereocenters. The maximum Gasteiger partial charge on any atom is 0.162 e. The van der Waals surface area contributed by atoms with Crippen molar-refractivity contribution in [1.29, 1.82) is 0 Å². The van der Waals surface area contributed by atoms with Gasteiger partial charge in [-0.05, 0) is 29.8 Å². The summed E-state index contributed by atoms with van der Waals surface area (Å²) in [5.41, 5.74) is -0.0666. The zero-order valence-electron chi connectivity index (χ0n) is 9.71. The van der Waals surface area contributed by atoms with Crippen molar-refractivity contribution >= 4 is 11.6 Å². The van der Waals surface area contributed by atoms with Gasteiger partial charge in [0.1, 0.15) is 5.82 Å². The van der Waals surface area contributed by atoms with E-state index in [9.17, 15) is 18.3 Å². The number of rotatable bonds is 3. The summed E-state index contributed by atoms with van der Waals surface area (Å²) in [4.78, 5) is 0. The van der Waals surface area contributed by atoms with Gasteiger partial charge < -0.3 is 5.11 Å². The molecule has 100 valence electrons. The van der Waals surface area contributed by atoms with Crippen molar-refractivity contribution in [3.05, 3.63) is 70.0 Å². The molecule has 0 fully saturated rings. The summed E-state index contributed by atoms with van der Waals surface area (Å²) >= 11 is 5.71. The summed E-state index contributed by atoms with van der Waals surface area (Å²) in [7, 11) is 0. The van der Waals surface area contributed by atoms with Crippen molar-refractivity contribution in [2.24, 2.45) is 0 Å². The Balaban J connectivity index is 2.28. The highest BCUT2D eigenvalue weighted by atomic mass is 35.5. The Morgan fingerprint density at radius 3 is 2.53 bits per heavy atom. The Morgan fingerprint density at radius 1 is 1.05 bits per heavy atom. The Kier molecular flexibility index (Phi) is 4.12. The number of aliphatic hydroxyl groups is 1. The second kappa shape index (κ2) is 5.63. The normalized spacial score (nSPS) is 12.5. The van der Waals surface area contributed by atoms with E-state index in [0.29, 0.717) is 0 Å². The van der Waals surface area contributed by atoms with E-state index in [1.54, 1.807) is 0 Å². The minimum absolute atomic E-state index is 0.0214. The number of benzene rings is 2. The van der Waals surface area contributed by atoms with E-state index in [1.165, 1.54) is 24.3 Å². The first-order valence-electron chi connectivity index (χ1n) is 5.55. The molecule has 0 saturated heterocycles. The largest absolute Gasteiger partial charge is 0.388 e. The molecule has 19 heavy (non-hydrogen) atoms. The summed E-state index contributed by atoms with van der Waals surface area (Å²) in [6.07, 6.45) is -1.53. The molecule has 2 rings (SSSR count). The fraction of sp³-hybridized carbons (Fsp3) is 0.143. The van der Waals surface area contributed by atoms with Gasteiger partial charge in [0.2, 0.25) is 0 Å². The van der Waals surface area contributed by atoms with Crippen molar-refractivity contribution in [3.8, 4) is 0 Å². The molecule has 2 aromatic rings. The SMILES string of the molecule is OC(Cc1cccc(F)c1F)c1cc(Cl)ccc1F. The predicted molar refractivity (Wildman–Crippen MR) is 66.4 cm³/mol. The van der Waals surface area contributed by atoms with E-state index in [0.717, 1.165) is 12.1 Å². The molecule has 5 heteroatoms. The maximum absolute atomic E-state index is 13.5. The molecule has 0 aliphatic rings. The van der Waals surface area contributed by atoms with Crippen LogP contribution in [0.2, 0.25) is 5.02 Å². The lowest BCUT2D eigenvalue weighted by molar-refractivity contribution is 0.172. The lowest BCUT2D eigenvalue weighted by Crippen LogP contribution is -2.06. The van der Waals surface area contributed by atoms with Crippen molar-refractivity contribution in [1.82, 2.24) is 0 Å². The van der Waals surface area contributed by atoms with Gasteiger partial charge >= 0.3 is 0 Å². The van der Waals surface area contributed by atoms with Gasteiger partial charge in [-0.3, -0.25) is 0 Å². The summed E-state index contributed by atoms with van der Waals surface area (Å²) in [5, 5.41) is 10.2. The van der Waals surface area contributed by atoms with Crippen molar-refractivity contribution in [3.63, 3.8) is 0 Å². The van der Waals surface area contributed by atoms with Gasteiger partial charge in [0.15, 0.2) is 11.6 Å². The standard InChI is InChI=1S/C14H10ClF3O/c15-9-4-5-11(16)10(7-9)13(19)6-8-2-1-3-12(17)14(8)18/h1-5,7,13,19H,6H2. The van der Waals surface area contributed by atoms with Crippen LogP contribution in [0.5, 0.6) is 0 Å². The quantitative estimate of drug-likeness (QED) is 0.903. The van der Waals surface area contributed by atoms with Crippen LogP contribution in [-0.2, 0) is 6.42 Å². The zero-order valence-corrected chi connectivity index (χ0v) is 10.5. The molecule has 2 aromatic carbocycles. The molecule has 0 aliphatic carbocycles. The minimum Gasteiger partial charge on any atom is -0.388 e. The molecule has 0 amide bonds. The third kappa shape index (κ3) is 3.08. The summed E-state index contributed by atoms with van der Waals surface area (Å²) in [5.74, 6) is -2.69. The Hall–Kier alpha value is -1.52. The topological polar surface area (TPSA) is 20.2 Å². The van der Waals surface area contributed by atoms with E-state index >= 15 is 0 Å². The lowest BCUT2D eigenvalue weighted by atomic mass is 10.0. The second-order valence-electron chi connectivity index (χ2n) is 4.10. The molecule has 0 saturated carbocycles. The molecule has 1 atom stereocenters. The number of hydrogen-bond donors (Lipinski definition) is 1. The van der Waals surface area contributed by atoms with Crippen LogP contribution < -0.4 is 0 Å². The molecule has 1 N–H and O–H groups in total. The average Bonchev–Trinajstić information content (AvgIpc) is 2.38. The van der Waals surface area contributed by atoms with Crippen molar-refractivity contribution in [2.45, 2.75) is 12.5 Å². The lowest BCUT2D eigenvalue weighted by Gasteiger charge is -2.13. The summed E-state index contributed by atoms with van der Waals surface area (Å²) < 4.78 is 40.0. The molecule has 0 radical (unpaired) electrons. The van der Waals surface area contributed by atoms with E-state index in [2.05, 4.69) is 0 Å². The molecule has 0 aliphatic heterocycles. The van der Waals surface area contributed by atoms with E-state index in [-0.39, 0.29) is 22.6 Å². The van der Waals surface area contributed by atoms with E-state index < -0.39 is 23.6 Å². The first-order valence-corrected chi connectivity index (χ1v) is 5.92. The highest BCUT2D eigenvalue weighted by Crippen LogP contribution is 2.25. The minimum atomic E-state index is -1.30. The number of hydrogen-bond acceptors (Lipinski definition) is 1. The van der Waals surface area contributed by atoms with Gasteiger partial charge in [-0.1, -0.05) is 23.7 Å². The molecular weight excluding hydrogens is 277 g/mol. The third-order valence-electron chi connectivity index (χ3n) is 2.76. The predicted octanol–water partition coefficient (Wildman–Crippen LogP) is 4.03. The van der Waals surface area contributed by atoms with Crippen LogP contribution in [0.3, 0.4) is 0 Å². The van der Waals surface area contributed by atoms with Crippen LogP contribution in [0.1, 0.15) is 17.2 Å². The second-order valence-corrected chi connectivity index (χ2v) is 4.54. The van der Waals surface area contributed by atoms with Crippen molar-refractivity contribution < 1.29 is 18.3 Å². The monoisotopic (exact) mass is 286 g/mol. The smallest absolute Gasteiger partial charge is 0.162 e. The summed E-state index contributed by atoms with van der Waals surface area (Å²) in [6.45, 7) is 0. The van der Waals surface area contributed by atoms with Gasteiger partial charge in [0.25, 0.3) is 0 Å². The van der Waals surface area contributed by atoms with Crippen LogP contribution >= 0.6 is 11.6 Å². The van der Waals surface area contributed by atoms with Crippen LogP contribution in [0, 0.1) is 17.5 Å². The number of aliphatic hydroxyl groups excluding tert-OH is 1. The molecular formula is C14H10ClF3O. The zero-order chi connectivity index (χ0) is 14.0. The van der Waals surface area contributed by atoms with E-state index in [4.69, 9.17) is 11.6 Å². The summed E-state index contributed by atoms with van der Waals surface area (Å²) in [6, 6.07) is 7.36. The highest BCUT2D eigenvalue weighted by Gasteiger charge is 2.17. The molecule has 0 aromatic heterocycles. The van der Waals surface area contributed by atoms with Crippen LogP contribution in [-0.4, -0.2) is 5.11 Å². The van der Waals surface area contributed by atoms with Crippen LogP contribution in [0.15, 0.2) is 36.4 Å². The molecule has 0 spiro atoms. The molecule has 1 nitrogen and oxygen atoms in total.